The lowest BCUT2D eigenvalue weighted by Gasteiger charge is -2.07. The van der Waals surface area contributed by atoms with Crippen LogP contribution in [0, 0.1) is 0 Å². The molecular formula is C18H15ClN2O3S2. The van der Waals surface area contributed by atoms with Gasteiger partial charge in [-0.1, -0.05) is 29.8 Å². The lowest BCUT2D eigenvalue weighted by molar-refractivity contribution is -0.136. The van der Waals surface area contributed by atoms with Crippen molar-refractivity contribution in [3.8, 4) is 0 Å². The number of halogens is 1. The van der Waals surface area contributed by atoms with Gasteiger partial charge in [-0.2, -0.15) is 0 Å². The van der Waals surface area contributed by atoms with Gasteiger partial charge in [-0.15, -0.1) is 22.7 Å². The lowest BCUT2D eigenvalue weighted by Crippen LogP contribution is -2.34. The minimum absolute atomic E-state index is 0.205. The van der Waals surface area contributed by atoms with Gasteiger partial charge in [-0.25, -0.2) is 0 Å². The molecule has 1 unspecified atom stereocenters. The largest absolute Gasteiger partial charge is 0.382 e. The Morgan fingerprint density at radius 3 is 2.58 bits per heavy atom. The number of nitrogens with one attached hydrogen (secondary N) is 2. The number of aliphatic hydroxyl groups excluding tert-OH is 1. The van der Waals surface area contributed by atoms with Crippen LogP contribution < -0.4 is 10.6 Å². The molecule has 8 heteroatoms. The first-order valence-electron chi connectivity index (χ1n) is 7.68. The van der Waals surface area contributed by atoms with Gasteiger partial charge < -0.3 is 15.7 Å². The van der Waals surface area contributed by atoms with E-state index in [1.807, 2.05) is 29.6 Å². The monoisotopic (exact) mass is 406 g/mol. The minimum atomic E-state index is -0.784. The maximum atomic E-state index is 12.0. The van der Waals surface area contributed by atoms with Gasteiger partial charge in [0, 0.05) is 14.6 Å². The summed E-state index contributed by atoms with van der Waals surface area (Å²) >= 11 is 8.82. The number of hydrogen-bond donors (Lipinski definition) is 3. The fraction of sp³-hybridized carbons (Fsp3) is 0.111. The van der Waals surface area contributed by atoms with Crippen molar-refractivity contribution in [3.63, 3.8) is 0 Å². The van der Waals surface area contributed by atoms with Gasteiger partial charge in [0.05, 0.1) is 17.3 Å². The van der Waals surface area contributed by atoms with Crippen LogP contribution in [0.5, 0.6) is 0 Å². The van der Waals surface area contributed by atoms with Gasteiger partial charge in [0.25, 0.3) is 0 Å². The highest BCUT2D eigenvalue weighted by molar-refractivity contribution is 7.12. The first-order valence-corrected chi connectivity index (χ1v) is 9.76. The first kappa shape index (κ1) is 18.6. The number of carbonyl (C=O) groups excluding carboxylic acids is 2. The number of thiophene rings is 2. The quantitative estimate of drug-likeness (QED) is 0.564. The molecule has 3 N–H and O–H groups in total. The predicted octanol–water partition coefficient (Wildman–Crippen LogP) is 3.80. The third-order valence-electron chi connectivity index (χ3n) is 3.52. The van der Waals surface area contributed by atoms with Crippen LogP contribution in [0.1, 0.15) is 20.7 Å². The zero-order valence-corrected chi connectivity index (χ0v) is 15.8. The summed E-state index contributed by atoms with van der Waals surface area (Å²) in [6.45, 7) is 0.205. The Hall–Kier alpha value is -2.19. The molecule has 1 aromatic carbocycles. The fourth-order valence-corrected chi connectivity index (χ4v) is 4.16. The standard InChI is InChI=1S/C18H15ClN2O3S2/c19-12-4-1-2-5-13(12)21-18(24)17(23)20-10-11-7-8-15(26-11)16(22)14-6-3-9-25-14/h1-9,16,22H,10H2,(H,20,23)(H,21,24). The summed E-state index contributed by atoms with van der Waals surface area (Å²) in [5.74, 6) is -1.54. The Balaban J connectivity index is 1.55. The number of rotatable bonds is 5. The van der Waals surface area contributed by atoms with Gasteiger partial charge in [-0.05, 0) is 35.7 Å². The molecule has 0 saturated carbocycles. The summed E-state index contributed by atoms with van der Waals surface area (Å²) in [7, 11) is 0. The summed E-state index contributed by atoms with van der Waals surface area (Å²) in [6.07, 6.45) is -0.673. The second-order valence-electron chi connectivity index (χ2n) is 5.34. The molecule has 0 spiro atoms. The molecule has 26 heavy (non-hydrogen) atoms. The van der Waals surface area contributed by atoms with Crippen molar-refractivity contribution in [2.24, 2.45) is 0 Å². The summed E-state index contributed by atoms with van der Waals surface area (Å²) in [5.41, 5.74) is 0.381. The van der Waals surface area contributed by atoms with E-state index in [1.165, 1.54) is 22.7 Å². The van der Waals surface area contributed by atoms with Crippen molar-refractivity contribution in [1.82, 2.24) is 5.32 Å². The molecule has 3 aromatic rings. The molecular weight excluding hydrogens is 392 g/mol. The average Bonchev–Trinajstić information content (AvgIpc) is 3.33. The van der Waals surface area contributed by atoms with Gasteiger partial charge in [-0.3, -0.25) is 9.59 Å². The number of anilines is 1. The molecule has 2 amide bonds. The molecule has 0 bridgehead atoms. The average molecular weight is 407 g/mol. The molecule has 2 aromatic heterocycles. The molecule has 0 saturated heterocycles. The summed E-state index contributed by atoms with van der Waals surface area (Å²) in [4.78, 5) is 26.4. The third kappa shape index (κ3) is 4.50. The van der Waals surface area contributed by atoms with Crippen molar-refractivity contribution in [3.05, 3.63) is 73.6 Å². The molecule has 5 nitrogen and oxygen atoms in total. The SMILES string of the molecule is O=C(NCc1ccc(C(O)c2cccs2)s1)C(=O)Nc1ccccc1Cl. The highest BCUT2D eigenvalue weighted by atomic mass is 35.5. The van der Waals surface area contributed by atoms with E-state index in [4.69, 9.17) is 11.6 Å². The molecule has 0 aliphatic carbocycles. The first-order chi connectivity index (χ1) is 12.5. The van der Waals surface area contributed by atoms with Gasteiger partial charge in [0.1, 0.15) is 6.10 Å². The van der Waals surface area contributed by atoms with Crippen molar-refractivity contribution in [2.75, 3.05) is 5.32 Å². The van der Waals surface area contributed by atoms with E-state index in [0.29, 0.717) is 10.7 Å². The van der Waals surface area contributed by atoms with Crippen LogP contribution in [0.4, 0.5) is 5.69 Å². The molecule has 0 aliphatic rings. The maximum absolute atomic E-state index is 12.0. The van der Waals surface area contributed by atoms with E-state index in [1.54, 1.807) is 24.3 Å². The van der Waals surface area contributed by atoms with Crippen LogP contribution in [0.3, 0.4) is 0 Å². The minimum Gasteiger partial charge on any atom is -0.382 e. The fourth-order valence-electron chi connectivity index (χ4n) is 2.21. The highest BCUT2D eigenvalue weighted by Gasteiger charge is 2.17. The number of para-hydroxylation sites is 1. The Morgan fingerprint density at radius 2 is 1.85 bits per heavy atom. The lowest BCUT2D eigenvalue weighted by atomic mass is 10.2. The highest BCUT2D eigenvalue weighted by Crippen LogP contribution is 2.30. The Bertz CT molecular complexity index is 909. The van der Waals surface area contributed by atoms with Crippen molar-refractivity contribution in [1.29, 1.82) is 0 Å². The van der Waals surface area contributed by atoms with Crippen molar-refractivity contribution < 1.29 is 14.7 Å². The Labute approximate surface area is 163 Å². The Morgan fingerprint density at radius 1 is 1.04 bits per heavy atom. The molecule has 3 rings (SSSR count). The second-order valence-corrected chi connectivity index (χ2v) is 7.93. The molecule has 0 fully saturated rings. The van der Waals surface area contributed by atoms with Crippen LogP contribution >= 0.6 is 34.3 Å². The van der Waals surface area contributed by atoms with E-state index in [2.05, 4.69) is 10.6 Å². The van der Waals surface area contributed by atoms with Crippen molar-refractivity contribution in [2.45, 2.75) is 12.6 Å². The number of carbonyl (C=O) groups is 2. The molecule has 1 atom stereocenters. The maximum Gasteiger partial charge on any atom is 0.313 e. The summed E-state index contributed by atoms with van der Waals surface area (Å²) in [6, 6.07) is 14.1. The van der Waals surface area contributed by atoms with Crippen molar-refractivity contribution >= 4 is 51.8 Å². The zero-order chi connectivity index (χ0) is 18.5. The van der Waals surface area contributed by atoms with E-state index < -0.39 is 17.9 Å². The molecule has 0 aliphatic heterocycles. The summed E-state index contributed by atoms with van der Waals surface area (Å²) < 4.78 is 0. The molecule has 0 radical (unpaired) electrons. The van der Waals surface area contributed by atoms with E-state index in [9.17, 15) is 14.7 Å². The van der Waals surface area contributed by atoms with Crippen LogP contribution in [0.25, 0.3) is 0 Å². The van der Waals surface area contributed by atoms with Crippen LogP contribution in [-0.4, -0.2) is 16.9 Å². The van der Waals surface area contributed by atoms with Gasteiger partial charge in [0.2, 0.25) is 0 Å². The molecule has 134 valence electrons. The van der Waals surface area contributed by atoms with Crippen LogP contribution in [0.15, 0.2) is 53.9 Å². The van der Waals surface area contributed by atoms with E-state index in [0.717, 1.165) is 14.6 Å². The molecule has 2 heterocycles. The van der Waals surface area contributed by atoms with Gasteiger partial charge in [0.15, 0.2) is 0 Å². The van der Waals surface area contributed by atoms with E-state index in [-0.39, 0.29) is 6.54 Å². The van der Waals surface area contributed by atoms with E-state index >= 15 is 0 Å². The number of benzene rings is 1. The van der Waals surface area contributed by atoms with Crippen LogP contribution in [-0.2, 0) is 16.1 Å². The summed E-state index contributed by atoms with van der Waals surface area (Å²) in [5, 5.41) is 17.6. The van der Waals surface area contributed by atoms with Gasteiger partial charge >= 0.3 is 11.8 Å². The third-order valence-corrected chi connectivity index (χ3v) is 5.91. The number of aliphatic hydroxyl groups is 1. The topological polar surface area (TPSA) is 78.4 Å². The zero-order valence-electron chi connectivity index (χ0n) is 13.4. The smallest absolute Gasteiger partial charge is 0.313 e. The van der Waals surface area contributed by atoms with Crippen LogP contribution in [0.2, 0.25) is 5.02 Å². The second kappa shape index (κ2) is 8.46. The number of amides is 2. The number of hydrogen-bond acceptors (Lipinski definition) is 5. The predicted molar refractivity (Wildman–Crippen MR) is 105 cm³/mol. The normalized spacial score (nSPS) is 11.8. The Kier molecular flexibility index (Phi) is 6.05.